The number of aryl methyl sites for hydroxylation is 2. The van der Waals surface area contributed by atoms with Gasteiger partial charge >= 0.3 is 5.97 Å². The first-order chi connectivity index (χ1) is 6.75. The first-order valence-electron chi connectivity index (χ1n) is 4.69. The van der Waals surface area contributed by atoms with Gasteiger partial charge in [0, 0.05) is 6.20 Å². The van der Waals surface area contributed by atoms with Gasteiger partial charge < -0.3 is 10.4 Å². The molecule has 0 fully saturated rings. The number of rotatable bonds is 3. The molecule has 0 radical (unpaired) electrons. The van der Waals surface area contributed by atoms with Gasteiger partial charge in [0.15, 0.2) is 0 Å². The zero-order valence-electron chi connectivity index (χ0n) is 7.79. The number of carboxylic acid groups (broad SMARTS) is 1. The zero-order chi connectivity index (χ0) is 9.97. The Bertz CT molecular complexity index is 363. The Labute approximate surface area is 82.0 Å². The van der Waals surface area contributed by atoms with Crippen LogP contribution in [0.2, 0.25) is 0 Å². The van der Waals surface area contributed by atoms with Crippen LogP contribution in [0.4, 0.5) is 5.82 Å². The lowest BCUT2D eigenvalue weighted by atomic mass is 10.2. The number of nitrogens with one attached hydrogen (secondary N) is 1. The van der Waals surface area contributed by atoms with Crippen molar-refractivity contribution >= 4 is 11.8 Å². The van der Waals surface area contributed by atoms with Gasteiger partial charge in [0.05, 0.1) is 0 Å². The van der Waals surface area contributed by atoms with Crippen LogP contribution in [-0.4, -0.2) is 22.6 Å². The Morgan fingerprint density at radius 3 is 3.07 bits per heavy atom. The highest BCUT2D eigenvalue weighted by molar-refractivity contribution is 5.72. The van der Waals surface area contributed by atoms with Gasteiger partial charge in [0.1, 0.15) is 12.4 Å². The molecule has 2 rings (SSSR count). The average molecular weight is 192 g/mol. The highest BCUT2D eigenvalue weighted by Gasteiger charge is 2.11. The van der Waals surface area contributed by atoms with E-state index in [4.69, 9.17) is 5.11 Å². The van der Waals surface area contributed by atoms with E-state index in [2.05, 4.69) is 10.3 Å². The summed E-state index contributed by atoms with van der Waals surface area (Å²) in [5.41, 5.74) is 2.60. The van der Waals surface area contributed by atoms with Gasteiger partial charge in [0.25, 0.3) is 0 Å². The molecule has 74 valence electrons. The minimum absolute atomic E-state index is 0.0776. The normalized spacial score (nSPS) is 13.7. The van der Waals surface area contributed by atoms with Gasteiger partial charge in [-0.2, -0.15) is 0 Å². The topological polar surface area (TPSA) is 62.2 Å². The predicted molar refractivity (Wildman–Crippen MR) is 52.4 cm³/mol. The van der Waals surface area contributed by atoms with Crippen LogP contribution in [0.3, 0.4) is 0 Å². The maximum atomic E-state index is 10.3. The molecule has 0 atom stereocenters. The van der Waals surface area contributed by atoms with Crippen molar-refractivity contribution in [2.45, 2.75) is 19.3 Å². The van der Waals surface area contributed by atoms with Crippen LogP contribution in [0.5, 0.6) is 0 Å². The summed E-state index contributed by atoms with van der Waals surface area (Å²) in [7, 11) is 0. The molecule has 1 heterocycles. The van der Waals surface area contributed by atoms with Crippen molar-refractivity contribution in [3.8, 4) is 0 Å². The number of aromatic nitrogens is 1. The van der Waals surface area contributed by atoms with Crippen molar-refractivity contribution in [2.24, 2.45) is 0 Å². The summed E-state index contributed by atoms with van der Waals surface area (Å²) in [4.78, 5) is 14.5. The molecule has 0 bridgehead atoms. The minimum atomic E-state index is -0.868. The summed E-state index contributed by atoms with van der Waals surface area (Å²) in [5, 5.41) is 11.2. The smallest absolute Gasteiger partial charge is 0.322 e. The van der Waals surface area contributed by atoms with Crippen LogP contribution in [0.1, 0.15) is 17.5 Å². The van der Waals surface area contributed by atoms with Crippen molar-refractivity contribution < 1.29 is 9.90 Å². The molecule has 0 spiro atoms. The van der Waals surface area contributed by atoms with Crippen LogP contribution >= 0.6 is 0 Å². The summed E-state index contributed by atoms with van der Waals surface area (Å²) in [6, 6.07) is 1.95. The van der Waals surface area contributed by atoms with Crippen molar-refractivity contribution in [1.82, 2.24) is 4.98 Å². The van der Waals surface area contributed by atoms with Crippen molar-refractivity contribution in [1.29, 1.82) is 0 Å². The molecular formula is C10H12N2O2. The molecule has 0 saturated carbocycles. The molecule has 4 heteroatoms. The minimum Gasteiger partial charge on any atom is -0.480 e. The van der Waals surface area contributed by atoms with E-state index in [0.29, 0.717) is 5.82 Å². The first-order valence-corrected chi connectivity index (χ1v) is 4.69. The number of hydrogen-bond acceptors (Lipinski definition) is 3. The lowest BCUT2D eigenvalue weighted by molar-refractivity contribution is -0.134. The molecule has 0 aromatic carbocycles. The Morgan fingerprint density at radius 1 is 1.50 bits per heavy atom. The van der Waals surface area contributed by atoms with Crippen LogP contribution < -0.4 is 5.32 Å². The van der Waals surface area contributed by atoms with Gasteiger partial charge in [-0.05, 0) is 36.5 Å². The third-order valence-corrected chi connectivity index (χ3v) is 2.40. The molecule has 0 saturated heterocycles. The van der Waals surface area contributed by atoms with E-state index < -0.39 is 5.97 Å². The fourth-order valence-corrected chi connectivity index (χ4v) is 1.72. The number of anilines is 1. The Morgan fingerprint density at radius 2 is 2.29 bits per heavy atom. The van der Waals surface area contributed by atoms with Crippen molar-refractivity contribution in [3.63, 3.8) is 0 Å². The second kappa shape index (κ2) is 3.65. The van der Waals surface area contributed by atoms with Gasteiger partial charge in [0.2, 0.25) is 0 Å². The Balaban J connectivity index is 2.09. The lowest BCUT2D eigenvalue weighted by Crippen LogP contribution is -2.13. The monoisotopic (exact) mass is 192 g/mol. The molecule has 2 N–H and O–H groups in total. The maximum Gasteiger partial charge on any atom is 0.322 e. The standard InChI is InChI=1S/C10H12N2O2/c13-10(14)6-12-9-4-7-2-1-3-8(7)5-11-9/h4-5H,1-3,6H2,(H,11,12)(H,13,14). The largest absolute Gasteiger partial charge is 0.480 e. The van der Waals surface area contributed by atoms with E-state index in [1.54, 1.807) is 0 Å². The highest BCUT2D eigenvalue weighted by Crippen LogP contribution is 2.22. The summed E-state index contributed by atoms with van der Waals surface area (Å²) < 4.78 is 0. The molecule has 1 aliphatic carbocycles. The fourth-order valence-electron chi connectivity index (χ4n) is 1.72. The molecule has 0 aliphatic heterocycles. The van der Waals surface area contributed by atoms with Crippen LogP contribution in [0.25, 0.3) is 0 Å². The number of nitrogens with zero attached hydrogens (tertiary/aromatic N) is 1. The van der Waals surface area contributed by atoms with E-state index in [1.807, 2.05) is 12.3 Å². The van der Waals surface area contributed by atoms with Crippen LogP contribution in [0, 0.1) is 0 Å². The van der Waals surface area contributed by atoms with E-state index in [9.17, 15) is 4.79 Å². The zero-order valence-corrected chi connectivity index (χ0v) is 7.79. The SMILES string of the molecule is O=C(O)CNc1cc2c(cn1)CCC2. The Kier molecular flexibility index (Phi) is 2.35. The third kappa shape index (κ3) is 1.84. The van der Waals surface area contributed by atoms with Crippen molar-refractivity contribution in [2.75, 3.05) is 11.9 Å². The van der Waals surface area contributed by atoms with E-state index in [0.717, 1.165) is 12.8 Å². The lowest BCUT2D eigenvalue weighted by Gasteiger charge is -2.04. The Hall–Kier alpha value is -1.58. The quantitative estimate of drug-likeness (QED) is 0.751. The summed E-state index contributed by atoms with van der Waals surface area (Å²) in [6.07, 6.45) is 5.20. The molecule has 0 amide bonds. The first kappa shape index (κ1) is 8.99. The third-order valence-electron chi connectivity index (χ3n) is 2.40. The average Bonchev–Trinajstić information content (AvgIpc) is 2.61. The maximum absolute atomic E-state index is 10.3. The number of carbonyl (C=O) groups is 1. The fraction of sp³-hybridized carbons (Fsp3) is 0.400. The van der Waals surface area contributed by atoms with Crippen LogP contribution in [-0.2, 0) is 17.6 Å². The summed E-state index contributed by atoms with van der Waals surface area (Å²) in [6.45, 7) is -0.0776. The molecule has 4 nitrogen and oxygen atoms in total. The van der Waals surface area contributed by atoms with Crippen LogP contribution in [0.15, 0.2) is 12.3 Å². The number of hydrogen-bond donors (Lipinski definition) is 2. The predicted octanol–water partition coefficient (Wildman–Crippen LogP) is 1.07. The van der Waals surface area contributed by atoms with E-state index in [-0.39, 0.29) is 6.54 Å². The second-order valence-corrected chi connectivity index (χ2v) is 3.44. The van der Waals surface area contributed by atoms with Crippen molar-refractivity contribution in [3.05, 3.63) is 23.4 Å². The molecule has 1 aliphatic rings. The van der Waals surface area contributed by atoms with Gasteiger partial charge in [-0.25, -0.2) is 4.98 Å². The van der Waals surface area contributed by atoms with Gasteiger partial charge in [-0.3, -0.25) is 4.79 Å². The molecule has 1 aromatic heterocycles. The summed E-state index contributed by atoms with van der Waals surface area (Å²) >= 11 is 0. The molecule has 0 unspecified atom stereocenters. The number of fused-ring (bicyclic) bond motifs is 1. The number of aliphatic carboxylic acids is 1. The van der Waals surface area contributed by atoms with Gasteiger partial charge in [-0.15, -0.1) is 0 Å². The number of carboxylic acids is 1. The molecular weight excluding hydrogens is 180 g/mol. The molecule has 1 aromatic rings. The summed E-state index contributed by atoms with van der Waals surface area (Å²) in [5.74, 6) is -0.208. The van der Waals surface area contributed by atoms with E-state index in [1.165, 1.54) is 17.5 Å². The molecule has 14 heavy (non-hydrogen) atoms. The van der Waals surface area contributed by atoms with E-state index >= 15 is 0 Å². The number of pyridine rings is 1. The van der Waals surface area contributed by atoms with Gasteiger partial charge in [-0.1, -0.05) is 0 Å². The highest BCUT2D eigenvalue weighted by atomic mass is 16.4. The second-order valence-electron chi connectivity index (χ2n) is 3.44.